The van der Waals surface area contributed by atoms with Gasteiger partial charge in [-0.25, -0.2) is 10.9 Å². The summed E-state index contributed by atoms with van der Waals surface area (Å²) >= 11 is 0. The van der Waals surface area contributed by atoms with Gasteiger partial charge in [-0.05, 0) is 12.0 Å². The van der Waals surface area contributed by atoms with Crippen LogP contribution in [-0.2, 0) is 14.3 Å². The summed E-state index contributed by atoms with van der Waals surface area (Å²) in [6.07, 6.45) is 2.88. The summed E-state index contributed by atoms with van der Waals surface area (Å²) in [7, 11) is 0. The molecule has 118 valence electrons. The highest BCUT2D eigenvalue weighted by Gasteiger charge is 2.33. The van der Waals surface area contributed by atoms with Crippen LogP contribution in [0.15, 0.2) is 30.3 Å². The lowest BCUT2D eigenvalue weighted by Crippen LogP contribution is -2.42. The number of rotatable bonds is 4. The summed E-state index contributed by atoms with van der Waals surface area (Å²) < 4.78 is 5.57. The van der Waals surface area contributed by atoms with Crippen molar-refractivity contribution in [3.63, 3.8) is 0 Å². The molecule has 6 nitrogen and oxygen atoms in total. The molecule has 2 fully saturated rings. The molecule has 2 unspecified atom stereocenters. The maximum atomic E-state index is 12.2. The Labute approximate surface area is 129 Å². The number of nitrogens with zero attached hydrogens (tertiary/aromatic N) is 1. The van der Waals surface area contributed by atoms with Gasteiger partial charge in [-0.2, -0.15) is 0 Å². The third kappa shape index (κ3) is 3.45. The quantitative estimate of drug-likeness (QED) is 0.635. The van der Waals surface area contributed by atoms with E-state index in [4.69, 9.17) is 4.74 Å². The smallest absolute Gasteiger partial charge is 0.324 e. The Balaban J connectivity index is 1.49. The van der Waals surface area contributed by atoms with Crippen LogP contribution in [0.2, 0.25) is 0 Å². The summed E-state index contributed by atoms with van der Waals surface area (Å²) in [4.78, 5) is 24.6. The minimum Gasteiger partial charge on any atom is -0.461 e. The summed E-state index contributed by atoms with van der Waals surface area (Å²) in [6, 6.07) is 9.84. The standard InChI is InChI=1S/C16H21N3O3/c20-11-19-8-6-13(7-9-19)22-16(21)15-10-14(17-18-15)12-4-2-1-3-5-12/h1-5,11,13-15,17-18H,6-10H2. The van der Waals surface area contributed by atoms with Gasteiger partial charge in [0.2, 0.25) is 6.41 Å². The van der Waals surface area contributed by atoms with Gasteiger partial charge < -0.3 is 9.64 Å². The fourth-order valence-electron chi connectivity index (χ4n) is 2.96. The molecular weight excluding hydrogens is 282 g/mol. The molecule has 2 saturated heterocycles. The Bertz CT molecular complexity index is 515. The van der Waals surface area contributed by atoms with Gasteiger partial charge in [-0.1, -0.05) is 30.3 Å². The van der Waals surface area contributed by atoms with E-state index in [-0.39, 0.29) is 24.2 Å². The summed E-state index contributed by atoms with van der Waals surface area (Å²) in [5.41, 5.74) is 7.33. The van der Waals surface area contributed by atoms with E-state index in [1.165, 1.54) is 0 Å². The number of amides is 1. The number of hydrogen-bond acceptors (Lipinski definition) is 5. The summed E-state index contributed by atoms with van der Waals surface area (Å²) in [5.74, 6) is -0.213. The monoisotopic (exact) mass is 303 g/mol. The lowest BCUT2D eigenvalue weighted by atomic mass is 10.0. The Kier molecular flexibility index (Phi) is 4.70. The summed E-state index contributed by atoms with van der Waals surface area (Å²) in [6.45, 7) is 1.31. The van der Waals surface area contributed by atoms with E-state index in [1.807, 2.05) is 30.3 Å². The van der Waals surface area contributed by atoms with E-state index in [9.17, 15) is 9.59 Å². The van der Waals surface area contributed by atoms with Crippen LogP contribution in [0.25, 0.3) is 0 Å². The average molecular weight is 303 g/mol. The number of carbonyl (C=O) groups excluding carboxylic acids is 2. The molecule has 0 radical (unpaired) electrons. The fraction of sp³-hybridized carbons (Fsp3) is 0.500. The molecule has 0 spiro atoms. The second-order valence-corrected chi connectivity index (χ2v) is 5.82. The normalized spacial score (nSPS) is 25.9. The van der Waals surface area contributed by atoms with Crippen LogP contribution in [0.3, 0.4) is 0 Å². The topological polar surface area (TPSA) is 70.7 Å². The van der Waals surface area contributed by atoms with Crippen LogP contribution in [-0.4, -0.2) is 42.5 Å². The van der Waals surface area contributed by atoms with Crippen molar-refractivity contribution in [2.75, 3.05) is 13.1 Å². The van der Waals surface area contributed by atoms with Crippen LogP contribution in [0.4, 0.5) is 0 Å². The average Bonchev–Trinajstić information content (AvgIpc) is 3.06. The number of hydrogen-bond donors (Lipinski definition) is 2. The number of likely N-dealkylation sites (tertiary alicyclic amines) is 1. The van der Waals surface area contributed by atoms with Crippen LogP contribution in [0.5, 0.6) is 0 Å². The van der Waals surface area contributed by atoms with Crippen LogP contribution in [0, 0.1) is 0 Å². The Hall–Kier alpha value is -1.92. The Morgan fingerprint density at radius 2 is 1.91 bits per heavy atom. The molecule has 1 amide bonds. The van der Waals surface area contributed by atoms with E-state index < -0.39 is 0 Å². The van der Waals surface area contributed by atoms with Crippen molar-refractivity contribution < 1.29 is 14.3 Å². The zero-order valence-corrected chi connectivity index (χ0v) is 12.4. The van der Waals surface area contributed by atoms with Crippen molar-refractivity contribution in [1.82, 2.24) is 15.8 Å². The number of piperidine rings is 1. The first-order valence-electron chi connectivity index (χ1n) is 7.72. The lowest BCUT2D eigenvalue weighted by molar-refractivity contribution is -0.153. The minimum atomic E-state index is -0.325. The van der Waals surface area contributed by atoms with Gasteiger partial charge in [0.15, 0.2) is 0 Å². The lowest BCUT2D eigenvalue weighted by Gasteiger charge is -2.29. The third-order valence-corrected chi connectivity index (χ3v) is 4.30. The SMILES string of the molecule is O=CN1CCC(OC(=O)C2CC(c3ccccc3)NN2)CC1. The van der Waals surface area contributed by atoms with E-state index in [2.05, 4.69) is 10.9 Å². The molecule has 0 aromatic heterocycles. The van der Waals surface area contributed by atoms with E-state index in [0.29, 0.717) is 32.4 Å². The minimum absolute atomic E-state index is 0.0822. The number of ether oxygens (including phenoxy) is 1. The zero-order chi connectivity index (χ0) is 15.4. The van der Waals surface area contributed by atoms with Crippen molar-refractivity contribution in [2.24, 2.45) is 0 Å². The molecule has 22 heavy (non-hydrogen) atoms. The zero-order valence-electron chi connectivity index (χ0n) is 12.4. The molecule has 2 atom stereocenters. The molecule has 1 aromatic rings. The molecule has 2 aliphatic heterocycles. The fourth-order valence-corrected chi connectivity index (χ4v) is 2.96. The Morgan fingerprint density at radius 3 is 2.59 bits per heavy atom. The number of benzene rings is 1. The van der Waals surface area contributed by atoms with Gasteiger partial charge in [0.25, 0.3) is 0 Å². The first-order chi connectivity index (χ1) is 10.8. The maximum Gasteiger partial charge on any atom is 0.324 e. The molecule has 2 heterocycles. The number of esters is 1. The highest BCUT2D eigenvalue weighted by molar-refractivity contribution is 5.76. The van der Waals surface area contributed by atoms with Gasteiger partial charge >= 0.3 is 5.97 Å². The van der Waals surface area contributed by atoms with Crippen molar-refractivity contribution >= 4 is 12.4 Å². The second kappa shape index (κ2) is 6.89. The predicted molar refractivity (Wildman–Crippen MR) is 80.6 cm³/mol. The number of carbonyl (C=O) groups is 2. The van der Waals surface area contributed by atoms with Crippen molar-refractivity contribution in [2.45, 2.75) is 37.5 Å². The van der Waals surface area contributed by atoms with Gasteiger partial charge in [0.05, 0.1) is 0 Å². The van der Waals surface area contributed by atoms with Gasteiger partial charge in [-0.3, -0.25) is 9.59 Å². The molecule has 6 heteroatoms. The molecular formula is C16H21N3O3. The van der Waals surface area contributed by atoms with E-state index >= 15 is 0 Å². The first-order valence-corrected chi connectivity index (χ1v) is 7.72. The molecule has 0 saturated carbocycles. The van der Waals surface area contributed by atoms with E-state index in [1.54, 1.807) is 4.90 Å². The van der Waals surface area contributed by atoms with Crippen molar-refractivity contribution in [1.29, 1.82) is 0 Å². The van der Waals surface area contributed by atoms with Gasteiger partial charge in [0.1, 0.15) is 12.1 Å². The van der Waals surface area contributed by atoms with E-state index in [0.717, 1.165) is 12.0 Å². The molecule has 1 aromatic carbocycles. The first kappa shape index (κ1) is 15.0. The Morgan fingerprint density at radius 1 is 1.18 bits per heavy atom. The molecule has 3 rings (SSSR count). The second-order valence-electron chi connectivity index (χ2n) is 5.82. The molecule has 0 aliphatic carbocycles. The van der Waals surface area contributed by atoms with Crippen LogP contribution in [0.1, 0.15) is 30.9 Å². The highest BCUT2D eigenvalue weighted by Crippen LogP contribution is 2.23. The van der Waals surface area contributed by atoms with Crippen LogP contribution >= 0.6 is 0 Å². The molecule has 2 aliphatic rings. The molecule has 2 N–H and O–H groups in total. The number of hydrazine groups is 1. The largest absolute Gasteiger partial charge is 0.461 e. The van der Waals surface area contributed by atoms with Gasteiger partial charge in [-0.15, -0.1) is 0 Å². The van der Waals surface area contributed by atoms with Crippen molar-refractivity contribution in [3.05, 3.63) is 35.9 Å². The van der Waals surface area contributed by atoms with Gasteiger partial charge in [0, 0.05) is 32.0 Å². The van der Waals surface area contributed by atoms with Crippen LogP contribution < -0.4 is 10.9 Å². The van der Waals surface area contributed by atoms with Crippen molar-refractivity contribution in [3.8, 4) is 0 Å². The maximum absolute atomic E-state index is 12.2. The summed E-state index contributed by atoms with van der Waals surface area (Å²) in [5, 5.41) is 0. The predicted octanol–water partition coefficient (Wildman–Crippen LogP) is 0.758. The highest BCUT2D eigenvalue weighted by atomic mass is 16.5. The number of nitrogens with one attached hydrogen (secondary N) is 2. The third-order valence-electron chi connectivity index (χ3n) is 4.30. The molecule has 0 bridgehead atoms.